The molecule has 146 valence electrons. The lowest BCUT2D eigenvalue weighted by Gasteiger charge is -2.41. The molecular formula is C19H33N5O2. The van der Waals surface area contributed by atoms with Crippen molar-refractivity contribution in [3.63, 3.8) is 0 Å². The third kappa shape index (κ3) is 4.27. The van der Waals surface area contributed by atoms with E-state index in [-0.39, 0.29) is 12.0 Å². The Labute approximate surface area is 156 Å². The van der Waals surface area contributed by atoms with Crippen molar-refractivity contribution < 1.29 is 9.90 Å². The number of amides is 1. The van der Waals surface area contributed by atoms with Crippen molar-refractivity contribution in [3.8, 4) is 0 Å². The van der Waals surface area contributed by atoms with Crippen molar-refractivity contribution >= 4 is 5.91 Å². The third-order valence-electron chi connectivity index (χ3n) is 5.88. The summed E-state index contributed by atoms with van der Waals surface area (Å²) in [6.45, 7) is 7.09. The van der Waals surface area contributed by atoms with Crippen LogP contribution < -0.4 is 5.32 Å². The number of aliphatic hydroxyl groups excluding tert-OH is 1. The summed E-state index contributed by atoms with van der Waals surface area (Å²) in [4.78, 5) is 17.6. The van der Waals surface area contributed by atoms with Gasteiger partial charge in [0.2, 0.25) is 5.91 Å². The highest BCUT2D eigenvalue weighted by Gasteiger charge is 2.44. The summed E-state index contributed by atoms with van der Waals surface area (Å²) in [5, 5.41) is 17.3. The number of carbonyl (C=O) groups excluding carboxylic acids is 1. The number of aromatic nitrogens is 2. The molecule has 3 heterocycles. The normalized spacial score (nSPS) is 22.9. The Morgan fingerprint density at radius 1 is 1.38 bits per heavy atom. The predicted octanol–water partition coefficient (Wildman–Crippen LogP) is 0.513. The molecule has 7 nitrogen and oxygen atoms in total. The molecule has 0 aromatic carbocycles. The lowest BCUT2D eigenvalue weighted by molar-refractivity contribution is -0.142. The molecule has 1 amide bonds. The Balaban J connectivity index is 1.60. The summed E-state index contributed by atoms with van der Waals surface area (Å²) in [5.74, 6) is 0.722. The number of carbonyl (C=O) groups is 1. The number of piperidine rings is 2. The maximum atomic E-state index is 13.4. The molecule has 1 aromatic heterocycles. The van der Waals surface area contributed by atoms with Gasteiger partial charge in [0, 0.05) is 32.5 Å². The van der Waals surface area contributed by atoms with Crippen LogP contribution in [-0.2, 0) is 10.3 Å². The van der Waals surface area contributed by atoms with E-state index in [1.807, 2.05) is 35.8 Å². The minimum atomic E-state index is -0.545. The summed E-state index contributed by atoms with van der Waals surface area (Å²) in [6.07, 6.45) is 7.14. The fourth-order valence-corrected chi connectivity index (χ4v) is 4.45. The van der Waals surface area contributed by atoms with E-state index in [4.69, 9.17) is 0 Å². The Morgan fingerprint density at radius 2 is 2.08 bits per heavy atom. The third-order valence-corrected chi connectivity index (χ3v) is 5.88. The molecule has 1 atom stereocenters. The number of likely N-dealkylation sites (tertiary alicyclic amines) is 1. The quantitative estimate of drug-likeness (QED) is 0.771. The van der Waals surface area contributed by atoms with Crippen LogP contribution in [0.4, 0.5) is 0 Å². The van der Waals surface area contributed by atoms with Gasteiger partial charge in [-0.2, -0.15) is 5.10 Å². The summed E-state index contributed by atoms with van der Waals surface area (Å²) in [7, 11) is 1.94. The second-order valence-electron chi connectivity index (χ2n) is 8.01. The molecule has 2 fully saturated rings. The molecule has 26 heavy (non-hydrogen) atoms. The summed E-state index contributed by atoms with van der Waals surface area (Å²) >= 11 is 0. The molecule has 2 N–H and O–H groups in total. The standard InChI is InChI=1S/C19H33N5O2/c1-16(25)14-23-12-4-17(5-13-23)15-22(2)18(26)19(6-9-20-10-7-19)24-11-3-8-21-24/h3,8,11,16-17,20,25H,4-7,9-10,12-15H2,1-2H3. The van der Waals surface area contributed by atoms with E-state index in [0.717, 1.165) is 65.0 Å². The minimum absolute atomic E-state index is 0.189. The molecular weight excluding hydrogens is 330 g/mol. The Morgan fingerprint density at radius 3 is 2.65 bits per heavy atom. The number of likely N-dealkylation sites (N-methyl/N-ethyl adjacent to an activating group) is 1. The van der Waals surface area contributed by atoms with Gasteiger partial charge in [0.25, 0.3) is 0 Å². The molecule has 0 spiro atoms. The zero-order chi connectivity index (χ0) is 18.6. The minimum Gasteiger partial charge on any atom is -0.392 e. The Bertz CT molecular complexity index is 560. The van der Waals surface area contributed by atoms with Gasteiger partial charge in [-0.05, 0) is 70.8 Å². The Hall–Kier alpha value is -1.44. The second kappa shape index (κ2) is 8.50. The van der Waals surface area contributed by atoms with E-state index < -0.39 is 5.54 Å². The number of aliphatic hydroxyl groups is 1. The second-order valence-corrected chi connectivity index (χ2v) is 8.01. The molecule has 1 aromatic rings. The predicted molar refractivity (Wildman–Crippen MR) is 101 cm³/mol. The number of hydrogen-bond donors (Lipinski definition) is 2. The number of rotatable bonds is 6. The number of nitrogens with zero attached hydrogens (tertiary/aromatic N) is 4. The molecule has 0 bridgehead atoms. The van der Waals surface area contributed by atoms with Gasteiger partial charge in [-0.25, -0.2) is 0 Å². The van der Waals surface area contributed by atoms with Crippen molar-refractivity contribution in [3.05, 3.63) is 18.5 Å². The van der Waals surface area contributed by atoms with Crippen molar-refractivity contribution in [2.24, 2.45) is 5.92 Å². The molecule has 3 rings (SSSR count). The monoisotopic (exact) mass is 363 g/mol. The van der Waals surface area contributed by atoms with E-state index in [9.17, 15) is 9.90 Å². The average Bonchev–Trinajstić information content (AvgIpc) is 3.18. The first-order valence-electron chi connectivity index (χ1n) is 9.88. The van der Waals surface area contributed by atoms with Gasteiger partial charge in [-0.3, -0.25) is 9.48 Å². The van der Waals surface area contributed by atoms with Gasteiger partial charge >= 0.3 is 0 Å². The van der Waals surface area contributed by atoms with Crippen LogP contribution >= 0.6 is 0 Å². The first kappa shape index (κ1) is 19.3. The van der Waals surface area contributed by atoms with Gasteiger partial charge in [-0.15, -0.1) is 0 Å². The maximum Gasteiger partial charge on any atom is 0.250 e. The smallest absolute Gasteiger partial charge is 0.250 e. The fraction of sp³-hybridized carbons (Fsp3) is 0.789. The molecule has 0 saturated carbocycles. The summed E-state index contributed by atoms with van der Waals surface area (Å²) in [6, 6.07) is 1.90. The van der Waals surface area contributed by atoms with Gasteiger partial charge in [0.05, 0.1) is 6.10 Å². The first-order chi connectivity index (χ1) is 12.5. The number of nitrogens with one attached hydrogen (secondary N) is 1. The van der Waals surface area contributed by atoms with Crippen molar-refractivity contribution in [2.75, 3.05) is 46.3 Å². The van der Waals surface area contributed by atoms with E-state index in [1.54, 1.807) is 6.20 Å². The maximum absolute atomic E-state index is 13.4. The van der Waals surface area contributed by atoms with Crippen LogP contribution in [0.2, 0.25) is 0 Å². The average molecular weight is 364 g/mol. The molecule has 2 saturated heterocycles. The molecule has 0 aliphatic carbocycles. The largest absolute Gasteiger partial charge is 0.392 e. The van der Waals surface area contributed by atoms with Crippen molar-refractivity contribution in [1.82, 2.24) is 24.9 Å². The fourth-order valence-electron chi connectivity index (χ4n) is 4.45. The SMILES string of the molecule is CC(O)CN1CCC(CN(C)C(=O)C2(n3cccn3)CCNCC2)CC1. The van der Waals surface area contributed by atoms with Gasteiger partial charge in [0.15, 0.2) is 0 Å². The van der Waals surface area contributed by atoms with Crippen LogP contribution in [0, 0.1) is 5.92 Å². The highest BCUT2D eigenvalue weighted by Crippen LogP contribution is 2.30. The van der Waals surface area contributed by atoms with E-state index in [0.29, 0.717) is 5.92 Å². The van der Waals surface area contributed by atoms with E-state index in [1.165, 1.54) is 0 Å². The summed E-state index contributed by atoms with van der Waals surface area (Å²) < 4.78 is 1.87. The van der Waals surface area contributed by atoms with Crippen LogP contribution in [-0.4, -0.2) is 83.0 Å². The number of β-amino-alcohol motifs (C(OH)–C–C–N with tert-alkyl or cyclic N) is 1. The van der Waals surface area contributed by atoms with Crippen LogP contribution in [0.15, 0.2) is 18.5 Å². The molecule has 2 aliphatic heterocycles. The van der Waals surface area contributed by atoms with E-state index in [2.05, 4.69) is 15.3 Å². The molecule has 0 radical (unpaired) electrons. The molecule has 2 aliphatic rings. The molecule has 7 heteroatoms. The lowest BCUT2D eigenvalue weighted by Crippen LogP contribution is -2.55. The zero-order valence-electron chi connectivity index (χ0n) is 16.1. The van der Waals surface area contributed by atoms with Crippen molar-refractivity contribution in [1.29, 1.82) is 0 Å². The first-order valence-corrected chi connectivity index (χ1v) is 9.88. The highest BCUT2D eigenvalue weighted by atomic mass is 16.3. The lowest BCUT2D eigenvalue weighted by atomic mass is 9.86. The number of hydrogen-bond acceptors (Lipinski definition) is 5. The van der Waals surface area contributed by atoms with Crippen molar-refractivity contribution in [2.45, 2.75) is 44.2 Å². The van der Waals surface area contributed by atoms with Crippen LogP contribution in [0.25, 0.3) is 0 Å². The zero-order valence-corrected chi connectivity index (χ0v) is 16.1. The van der Waals surface area contributed by atoms with Gasteiger partial charge in [-0.1, -0.05) is 0 Å². The van der Waals surface area contributed by atoms with Gasteiger partial charge in [0.1, 0.15) is 5.54 Å². The summed E-state index contributed by atoms with van der Waals surface area (Å²) in [5.41, 5.74) is -0.545. The van der Waals surface area contributed by atoms with E-state index >= 15 is 0 Å². The van der Waals surface area contributed by atoms with Gasteiger partial charge < -0.3 is 20.2 Å². The topological polar surface area (TPSA) is 73.6 Å². The Kier molecular flexibility index (Phi) is 6.32. The van der Waals surface area contributed by atoms with Crippen LogP contribution in [0.3, 0.4) is 0 Å². The van der Waals surface area contributed by atoms with Crippen LogP contribution in [0.1, 0.15) is 32.6 Å². The molecule has 1 unspecified atom stereocenters. The highest BCUT2D eigenvalue weighted by molar-refractivity contribution is 5.84. The van der Waals surface area contributed by atoms with Crippen LogP contribution in [0.5, 0.6) is 0 Å².